The summed E-state index contributed by atoms with van der Waals surface area (Å²) >= 11 is 0. The van der Waals surface area contributed by atoms with Crippen molar-refractivity contribution in [2.75, 3.05) is 23.3 Å². The second-order valence-electron chi connectivity index (χ2n) is 7.32. The molecular weight excluding hydrogens is 431 g/mol. The standard InChI is InChI=1S/C18H21N5O2.C2HF3O2/c1-2-12-7-20-18(21-8-12)23-10-14-6-15(16(11-23)25-14)17(24)22-13-4-3-5-19-9-13;3-2(4,5)1(6)7/h3-5,7-9,14-16H,2,6,10-11H2,1H3,(H,22,24);(H,6,7). The maximum atomic E-state index is 12.6. The normalized spacial score (nSPS) is 22.0. The highest BCUT2D eigenvalue weighted by Crippen LogP contribution is 2.33. The van der Waals surface area contributed by atoms with Gasteiger partial charge in [0, 0.05) is 31.7 Å². The molecule has 0 spiro atoms. The number of nitrogens with zero attached hydrogens (tertiary/aromatic N) is 4. The van der Waals surface area contributed by atoms with Crippen molar-refractivity contribution in [2.24, 2.45) is 5.92 Å². The summed E-state index contributed by atoms with van der Waals surface area (Å²) in [5.41, 5.74) is 1.83. The minimum Gasteiger partial charge on any atom is -0.475 e. The van der Waals surface area contributed by atoms with Gasteiger partial charge in [-0.2, -0.15) is 13.2 Å². The lowest BCUT2D eigenvalue weighted by atomic mass is 9.99. The summed E-state index contributed by atoms with van der Waals surface area (Å²) in [5.74, 6) is -2.22. The maximum absolute atomic E-state index is 12.6. The number of ether oxygens (including phenoxy) is 1. The van der Waals surface area contributed by atoms with E-state index in [-0.39, 0.29) is 24.0 Å². The van der Waals surface area contributed by atoms with Gasteiger partial charge in [0.15, 0.2) is 0 Å². The van der Waals surface area contributed by atoms with Gasteiger partial charge in [0.05, 0.1) is 30.0 Å². The number of carboxylic acid groups (broad SMARTS) is 1. The molecule has 2 saturated heterocycles. The summed E-state index contributed by atoms with van der Waals surface area (Å²) in [5, 5.41) is 10.1. The third kappa shape index (κ3) is 5.90. The molecule has 0 aliphatic carbocycles. The number of morpholine rings is 1. The van der Waals surface area contributed by atoms with Crippen molar-refractivity contribution in [3.05, 3.63) is 42.5 Å². The van der Waals surface area contributed by atoms with Crippen LogP contribution in [0.5, 0.6) is 0 Å². The summed E-state index contributed by atoms with van der Waals surface area (Å²) in [4.78, 5) is 36.6. The largest absolute Gasteiger partial charge is 0.490 e. The first-order valence-corrected chi connectivity index (χ1v) is 9.89. The number of aryl methyl sites for hydroxylation is 1. The fourth-order valence-corrected chi connectivity index (χ4v) is 3.46. The number of fused-ring (bicyclic) bond motifs is 2. The lowest BCUT2D eigenvalue weighted by Crippen LogP contribution is -2.45. The van der Waals surface area contributed by atoms with Crippen LogP contribution in [0, 0.1) is 5.92 Å². The van der Waals surface area contributed by atoms with Gasteiger partial charge >= 0.3 is 12.1 Å². The van der Waals surface area contributed by atoms with E-state index in [4.69, 9.17) is 14.6 Å². The van der Waals surface area contributed by atoms with Crippen LogP contribution in [0.25, 0.3) is 0 Å². The molecule has 3 atom stereocenters. The lowest BCUT2D eigenvalue weighted by molar-refractivity contribution is -0.192. The molecule has 2 aromatic rings. The van der Waals surface area contributed by atoms with Crippen molar-refractivity contribution in [2.45, 2.75) is 38.1 Å². The van der Waals surface area contributed by atoms with E-state index < -0.39 is 12.1 Å². The molecule has 172 valence electrons. The van der Waals surface area contributed by atoms with Gasteiger partial charge in [-0.3, -0.25) is 9.78 Å². The Bertz CT molecular complexity index is 927. The van der Waals surface area contributed by atoms with Gasteiger partial charge in [0.25, 0.3) is 0 Å². The molecular formula is C20H22F3N5O4. The fraction of sp³-hybridized carbons (Fsp3) is 0.450. The number of rotatable bonds is 4. The Morgan fingerprint density at radius 3 is 2.50 bits per heavy atom. The molecule has 2 bridgehead atoms. The van der Waals surface area contributed by atoms with Crippen molar-refractivity contribution >= 4 is 23.5 Å². The van der Waals surface area contributed by atoms with Crippen LogP contribution in [-0.2, 0) is 20.7 Å². The minimum atomic E-state index is -5.08. The van der Waals surface area contributed by atoms with Gasteiger partial charge in [0.2, 0.25) is 11.9 Å². The second kappa shape index (κ2) is 9.90. The number of aliphatic carboxylic acids is 1. The minimum absolute atomic E-state index is 0.00963. The number of amides is 1. The number of pyridine rings is 1. The molecule has 9 nitrogen and oxygen atoms in total. The van der Waals surface area contributed by atoms with Crippen LogP contribution < -0.4 is 10.2 Å². The number of halogens is 3. The zero-order valence-corrected chi connectivity index (χ0v) is 17.1. The molecule has 2 aliphatic rings. The predicted octanol–water partition coefficient (Wildman–Crippen LogP) is 2.30. The first-order chi connectivity index (χ1) is 15.2. The number of hydrogen-bond donors (Lipinski definition) is 2. The van der Waals surface area contributed by atoms with E-state index in [1.807, 2.05) is 18.5 Å². The summed E-state index contributed by atoms with van der Waals surface area (Å²) in [6, 6.07) is 3.64. The van der Waals surface area contributed by atoms with E-state index in [0.717, 1.165) is 24.9 Å². The molecule has 4 rings (SSSR count). The number of hydrogen-bond acceptors (Lipinski definition) is 7. The highest BCUT2D eigenvalue weighted by Gasteiger charge is 2.45. The molecule has 0 radical (unpaired) electrons. The zero-order valence-electron chi connectivity index (χ0n) is 17.1. The molecule has 1 amide bonds. The molecule has 0 saturated carbocycles. The smallest absolute Gasteiger partial charge is 0.475 e. The van der Waals surface area contributed by atoms with Crippen LogP contribution in [0.3, 0.4) is 0 Å². The van der Waals surface area contributed by atoms with E-state index in [1.165, 1.54) is 0 Å². The Labute approximate surface area is 181 Å². The van der Waals surface area contributed by atoms with Gasteiger partial charge < -0.3 is 20.1 Å². The number of nitrogens with one attached hydrogen (secondary N) is 1. The number of aromatic nitrogens is 3. The third-order valence-corrected chi connectivity index (χ3v) is 5.05. The highest BCUT2D eigenvalue weighted by atomic mass is 19.4. The van der Waals surface area contributed by atoms with Gasteiger partial charge in [-0.25, -0.2) is 14.8 Å². The average Bonchev–Trinajstić information content (AvgIpc) is 3.07. The van der Waals surface area contributed by atoms with Gasteiger partial charge in [-0.05, 0) is 30.5 Å². The Balaban J connectivity index is 0.000000360. The Hall–Kier alpha value is -3.28. The summed E-state index contributed by atoms with van der Waals surface area (Å²) in [6.45, 7) is 3.44. The Kier molecular flexibility index (Phi) is 7.23. The van der Waals surface area contributed by atoms with Gasteiger partial charge in [0.1, 0.15) is 0 Å². The average molecular weight is 453 g/mol. The van der Waals surface area contributed by atoms with Crippen molar-refractivity contribution < 1.29 is 32.6 Å². The topological polar surface area (TPSA) is 118 Å². The number of carboxylic acids is 1. The molecule has 3 unspecified atom stereocenters. The third-order valence-electron chi connectivity index (χ3n) is 5.05. The molecule has 2 aliphatic heterocycles. The van der Waals surface area contributed by atoms with Gasteiger partial charge in [-0.1, -0.05) is 6.92 Å². The fourth-order valence-electron chi connectivity index (χ4n) is 3.46. The first-order valence-electron chi connectivity index (χ1n) is 9.89. The summed E-state index contributed by atoms with van der Waals surface area (Å²) in [6.07, 6.45) is 3.53. The number of anilines is 2. The van der Waals surface area contributed by atoms with E-state index in [2.05, 4.69) is 32.1 Å². The molecule has 32 heavy (non-hydrogen) atoms. The number of alkyl halides is 3. The van der Waals surface area contributed by atoms with Crippen molar-refractivity contribution in [3.63, 3.8) is 0 Å². The van der Waals surface area contributed by atoms with E-state index in [9.17, 15) is 18.0 Å². The number of carbonyl (C=O) groups is 2. The molecule has 2 N–H and O–H groups in total. The molecule has 4 heterocycles. The van der Waals surface area contributed by atoms with Crippen molar-refractivity contribution in [3.8, 4) is 0 Å². The highest BCUT2D eigenvalue weighted by molar-refractivity contribution is 5.93. The predicted molar refractivity (Wildman–Crippen MR) is 107 cm³/mol. The summed E-state index contributed by atoms with van der Waals surface area (Å²) < 4.78 is 37.7. The zero-order chi connectivity index (χ0) is 23.3. The quantitative estimate of drug-likeness (QED) is 0.724. The van der Waals surface area contributed by atoms with E-state index in [1.54, 1.807) is 18.5 Å². The monoisotopic (exact) mass is 453 g/mol. The summed E-state index contributed by atoms with van der Waals surface area (Å²) in [7, 11) is 0. The van der Waals surface area contributed by atoms with Crippen LogP contribution in [0.2, 0.25) is 0 Å². The second-order valence-corrected chi connectivity index (χ2v) is 7.32. The van der Waals surface area contributed by atoms with E-state index in [0.29, 0.717) is 18.2 Å². The molecule has 12 heteroatoms. The molecule has 2 aromatic heterocycles. The van der Waals surface area contributed by atoms with Crippen LogP contribution in [0.4, 0.5) is 24.8 Å². The molecule has 2 fully saturated rings. The van der Waals surface area contributed by atoms with Crippen molar-refractivity contribution in [1.29, 1.82) is 0 Å². The molecule has 0 aromatic carbocycles. The lowest BCUT2D eigenvalue weighted by Gasteiger charge is -2.32. The van der Waals surface area contributed by atoms with Crippen LogP contribution in [0.15, 0.2) is 36.9 Å². The number of carbonyl (C=O) groups excluding carboxylic acids is 1. The SMILES string of the molecule is CCc1cnc(N2CC3CC(C(=O)Nc4cccnc4)C(C2)O3)nc1.O=C(O)C(F)(F)F. The van der Waals surface area contributed by atoms with Crippen LogP contribution in [-0.4, -0.2) is 63.4 Å². The van der Waals surface area contributed by atoms with E-state index >= 15 is 0 Å². The van der Waals surface area contributed by atoms with Crippen molar-refractivity contribution in [1.82, 2.24) is 15.0 Å². The Morgan fingerprint density at radius 1 is 1.25 bits per heavy atom. The van der Waals surface area contributed by atoms with Gasteiger partial charge in [-0.15, -0.1) is 0 Å². The Morgan fingerprint density at radius 2 is 1.94 bits per heavy atom. The maximum Gasteiger partial charge on any atom is 0.490 e. The van der Waals surface area contributed by atoms with Crippen LogP contribution >= 0.6 is 0 Å². The first kappa shape index (κ1) is 23.4. The van der Waals surface area contributed by atoms with Crippen LogP contribution in [0.1, 0.15) is 18.9 Å².